The van der Waals surface area contributed by atoms with Gasteiger partial charge >= 0.3 is 0 Å². The van der Waals surface area contributed by atoms with Crippen molar-refractivity contribution in [3.63, 3.8) is 0 Å². The largest absolute Gasteiger partial charge is 0.273 e. The lowest BCUT2D eigenvalue weighted by Gasteiger charge is -2.17. The third kappa shape index (κ3) is 2.43. The first-order valence-corrected chi connectivity index (χ1v) is 6.33. The molecule has 1 heterocycles. The van der Waals surface area contributed by atoms with Gasteiger partial charge in [-0.05, 0) is 25.7 Å². The normalized spacial score (nSPS) is 18.7. The number of fused-ring (bicyclic) bond motifs is 1. The molecular formula is C13H22N2. The lowest BCUT2D eigenvalue weighted by atomic mass is 10.1. The number of hydrogen-bond acceptors (Lipinski definition) is 2. The molecule has 0 bridgehead atoms. The van der Waals surface area contributed by atoms with Crippen molar-refractivity contribution in [1.82, 2.24) is 10.4 Å². The molecule has 84 valence electrons. The minimum atomic E-state index is 0.660. The molecule has 0 spiro atoms. The standard InChI is InChI=1S/C13H22N2/c1-3-7-11(8-4-2)14-15-12-9-5-6-10-13(12)15/h9-11,14H,3-8H2,1-2H3. The Morgan fingerprint density at radius 3 is 2.13 bits per heavy atom. The van der Waals surface area contributed by atoms with Crippen molar-refractivity contribution >= 4 is 0 Å². The molecule has 0 unspecified atom stereocenters. The van der Waals surface area contributed by atoms with Crippen molar-refractivity contribution in [1.29, 1.82) is 0 Å². The van der Waals surface area contributed by atoms with Gasteiger partial charge in [0.2, 0.25) is 0 Å². The number of rotatable bonds is 6. The van der Waals surface area contributed by atoms with Gasteiger partial charge in [-0.1, -0.05) is 38.8 Å². The van der Waals surface area contributed by atoms with Crippen molar-refractivity contribution in [2.75, 3.05) is 0 Å². The average molecular weight is 206 g/mol. The summed E-state index contributed by atoms with van der Waals surface area (Å²) in [5.41, 5.74) is 6.49. The van der Waals surface area contributed by atoms with E-state index in [0.29, 0.717) is 6.04 Å². The molecule has 1 aliphatic carbocycles. The van der Waals surface area contributed by atoms with Crippen LogP contribution in [0.15, 0.2) is 23.5 Å². The minimum Gasteiger partial charge on any atom is -0.273 e. The van der Waals surface area contributed by atoms with Crippen LogP contribution in [0.4, 0.5) is 0 Å². The number of hydrazine groups is 1. The second-order valence-corrected chi connectivity index (χ2v) is 4.49. The van der Waals surface area contributed by atoms with E-state index in [9.17, 15) is 0 Å². The third-order valence-electron chi connectivity index (χ3n) is 3.12. The van der Waals surface area contributed by atoms with Gasteiger partial charge in [0.1, 0.15) is 0 Å². The van der Waals surface area contributed by atoms with E-state index >= 15 is 0 Å². The van der Waals surface area contributed by atoms with Gasteiger partial charge < -0.3 is 0 Å². The lowest BCUT2D eigenvalue weighted by molar-refractivity contribution is 0.325. The van der Waals surface area contributed by atoms with Gasteiger partial charge in [0.25, 0.3) is 0 Å². The van der Waals surface area contributed by atoms with Crippen LogP contribution in [0.5, 0.6) is 0 Å². The fourth-order valence-corrected chi connectivity index (χ4v) is 2.32. The molecule has 1 saturated heterocycles. The number of hydrogen-bond donors (Lipinski definition) is 1. The van der Waals surface area contributed by atoms with Gasteiger partial charge in [-0.25, -0.2) is 5.43 Å². The monoisotopic (exact) mass is 206 g/mol. The fraction of sp³-hybridized carbons (Fsp3) is 0.692. The van der Waals surface area contributed by atoms with E-state index in [2.05, 4.69) is 36.4 Å². The summed E-state index contributed by atoms with van der Waals surface area (Å²) < 4.78 is 0. The van der Waals surface area contributed by atoms with Gasteiger partial charge in [-0.2, -0.15) is 0 Å². The summed E-state index contributed by atoms with van der Waals surface area (Å²) >= 11 is 0. The van der Waals surface area contributed by atoms with E-state index in [0.717, 1.165) is 0 Å². The zero-order valence-corrected chi connectivity index (χ0v) is 9.92. The summed E-state index contributed by atoms with van der Waals surface area (Å²) in [6, 6.07) is 0.660. The van der Waals surface area contributed by atoms with E-state index in [1.165, 1.54) is 49.9 Å². The van der Waals surface area contributed by atoms with E-state index in [-0.39, 0.29) is 0 Å². The molecule has 0 saturated carbocycles. The molecule has 0 radical (unpaired) electrons. The Bertz CT molecular complexity index is 252. The van der Waals surface area contributed by atoms with Gasteiger partial charge in [0.15, 0.2) is 0 Å². The molecule has 2 nitrogen and oxygen atoms in total. The van der Waals surface area contributed by atoms with Crippen molar-refractivity contribution in [2.24, 2.45) is 0 Å². The highest BCUT2D eigenvalue weighted by atomic mass is 15.6. The molecule has 0 aromatic rings. The maximum atomic E-state index is 3.63. The number of nitrogens with one attached hydrogen (secondary N) is 1. The Hall–Kier alpha value is -0.760. The van der Waals surface area contributed by atoms with Crippen LogP contribution < -0.4 is 5.43 Å². The highest BCUT2D eigenvalue weighted by Gasteiger charge is 2.35. The van der Waals surface area contributed by atoms with Crippen LogP contribution in [0.25, 0.3) is 0 Å². The van der Waals surface area contributed by atoms with Gasteiger partial charge in [0, 0.05) is 6.04 Å². The maximum Gasteiger partial charge on any atom is 0.0787 e. The zero-order valence-electron chi connectivity index (χ0n) is 9.92. The molecule has 2 aliphatic rings. The first-order chi connectivity index (χ1) is 7.36. The summed E-state index contributed by atoms with van der Waals surface area (Å²) in [6.07, 6.45) is 12.2. The number of nitrogens with zero attached hydrogens (tertiary/aromatic N) is 1. The lowest BCUT2D eigenvalue weighted by Crippen LogP contribution is -2.32. The molecule has 15 heavy (non-hydrogen) atoms. The highest BCUT2D eigenvalue weighted by Crippen LogP contribution is 2.39. The Morgan fingerprint density at radius 2 is 1.67 bits per heavy atom. The predicted molar refractivity (Wildman–Crippen MR) is 64.0 cm³/mol. The van der Waals surface area contributed by atoms with E-state index in [4.69, 9.17) is 0 Å². The van der Waals surface area contributed by atoms with Crippen LogP contribution in [-0.2, 0) is 0 Å². The van der Waals surface area contributed by atoms with E-state index in [1.807, 2.05) is 0 Å². The van der Waals surface area contributed by atoms with Crippen LogP contribution in [0, 0.1) is 0 Å². The zero-order chi connectivity index (χ0) is 10.7. The molecule has 0 atom stereocenters. The summed E-state index contributed by atoms with van der Waals surface area (Å²) in [7, 11) is 0. The molecule has 0 aromatic carbocycles. The van der Waals surface area contributed by atoms with Crippen molar-refractivity contribution in [2.45, 2.75) is 58.4 Å². The van der Waals surface area contributed by atoms with Crippen molar-refractivity contribution in [3.8, 4) is 0 Å². The van der Waals surface area contributed by atoms with Crippen molar-refractivity contribution < 1.29 is 0 Å². The molecule has 1 fully saturated rings. The minimum absolute atomic E-state index is 0.660. The summed E-state index contributed by atoms with van der Waals surface area (Å²) in [5.74, 6) is 0. The maximum absolute atomic E-state index is 3.63. The van der Waals surface area contributed by atoms with Gasteiger partial charge in [0.05, 0.1) is 11.4 Å². The van der Waals surface area contributed by atoms with Crippen LogP contribution in [-0.4, -0.2) is 11.1 Å². The second kappa shape index (κ2) is 4.84. The van der Waals surface area contributed by atoms with Crippen molar-refractivity contribution in [3.05, 3.63) is 23.5 Å². The van der Waals surface area contributed by atoms with E-state index < -0.39 is 0 Å². The Morgan fingerprint density at radius 1 is 1.13 bits per heavy atom. The van der Waals surface area contributed by atoms with Crippen LogP contribution >= 0.6 is 0 Å². The quantitative estimate of drug-likeness (QED) is 0.670. The first kappa shape index (κ1) is 10.7. The molecule has 1 N–H and O–H groups in total. The summed E-state index contributed by atoms with van der Waals surface area (Å²) in [5, 5.41) is 2.28. The number of allylic oxidation sites excluding steroid dienone is 2. The Labute approximate surface area is 93.0 Å². The van der Waals surface area contributed by atoms with Gasteiger partial charge in [-0.3, -0.25) is 5.01 Å². The molecule has 1 aliphatic heterocycles. The Kier molecular flexibility index (Phi) is 3.47. The van der Waals surface area contributed by atoms with Crippen LogP contribution in [0.1, 0.15) is 52.4 Å². The predicted octanol–water partition coefficient (Wildman–Crippen LogP) is 3.34. The van der Waals surface area contributed by atoms with Crippen LogP contribution in [0.2, 0.25) is 0 Å². The second-order valence-electron chi connectivity index (χ2n) is 4.49. The topological polar surface area (TPSA) is 15.0 Å². The van der Waals surface area contributed by atoms with E-state index in [1.54, 1.807) is 0 Å². The fourth-order valence-electron chi connectivity index (χ4n) is 2.32. The average Bonchev–Trinajstić information content (AvgIpc) is 2.93. The van der Waals surface area contributed by atoms with Crippen LogP contribution in [0.3, 0.4) is 0 Å². The third-order valence-corrected chi connectivity index (χ3v) is 3.12. The highest BCUT2D eigenvalue weighted by molar-refractivity contribution is 5.47. The molecular weight excluding hydrogens is 184 g/mol. The SMILES string of the molecule is CCCC(CCC)NN1C2=CCCC=C21. The smallest absolute Gasteiger partial charge is 0.0787 e. The summed E-state index contributed by atoms with van der Waals surface area (Å²) in [4.78, 5) is 0. The molecule has 2 heteroatoms. The summed E-state index contributed by atoms with van der Waals surface area (Å²) in [6.45, 7) is 4.52. The molecule has 0 amide bonds. The first-order valence-electron chi connectivity index (χ1n) is 6.33. The van der Waals surface area contributed by atoms with Gasteiger partial charge in [-0.15, -0.1) is 0 Å². The Balaban J connectivity index is 1.85. The molecule has 0 aromatic heterocycles. The molecule has 2 rings (SSSR count).